The third kappa shape index (κ3) is 3.63. The fourth-order valence-electron chi connectivity index (χ4n) is 0. The maximum atomic E-state index is 8.23. The maximum Gasteiger partial charge on any atom is 0.250 e. The van der Waals surface area contributed by atoms with E-state index in [1.807, 2.05) is 0 Å². The van der Waals surface area contributed by atoms with Gasteiger partial charge in [-0.25, -0.2) is 0 Å². The molecule has 0 bridgehead atoms. The van der Waals surface area contributed by atoms with Gasteiger partial charge in [0.2, 0.25) is 8.65 Å². The van der Waals surface area contributed by atoms with Crippen LogP contribution in [0.3, 0.4) is 0 Å². The van der Waals surface area contributed by atoms with Crippen molar-refractivity contribution in [1.82, 2.24) is 0 Å². The van der Waals surface area contributed by atoms with E-state index in [2.05, 4.69) is 12.8 Å². The predicted molar refractivity (Wildman–Crippen MR) is 25.3 cm³/mol. The van der Waals surface area contributed by atoms with Crippen LogP contribution in [-0.4, -0.2) is 19.6 Å². The van der Waals surface area contributed by atoms with Crippen LogP contribution in [0.15, 0.2) is 12.3 Å². The van der Waals surface area contributed by atoms with E-state index in [9.17, 15) is 0 Å². The average molecular weight is 86.2 g/mol. The van der Waals surface area contributed by atoms with E-state index in [0.29, 0.717) is 0 Å². The summed E-state index contributed by atoms with van der Waals surface area (Å²) >= 11 is 0. The van der Waals surface area contributed by atoms with E-state index in [1.54, 1.807) is 0 Å². The second kappa shape index (κ2) is 1.90. The zero-order valence-corrected chi connectivity index (χ0v) is 3.94. The molecule has 0 amide bonds. The van der Waals surface area contributed by atoms with Gasteiger partial charge in [0, 0.05) is 0 Å². The van der Waals surface area contributed by atoms with E-state index in [-0.39, 0.29) is 0 Å². The van der Waals surface area contributed by atoms with Crippen LogP contribution in [0.5, 0.6) is 0 Å². The summed E-state index contributed by atoms with van der Waals surface area (Å²) < 4.78 is 0. The Hall–Kier alpha value is -0.373. The van der Waals surface area contributed by atoms with Crippen LogP contribution in [0, 0.1) is 0 Å². The van der Waals surface area contributed by atoms with Crippen LogP contribution in [-0.2, 0) is 0 Å². The molecule has 5 heavy (non-hydrogen) atoms. The van der Waals surface area contributed by atoms with Crippen LogP contribution < -0.4 is 0 Å². The van der Waals surface area contributed by atoms with Crippen molar-refractivity contribution in [3.63, 3.8) is 0 Å². The fourth-order valence-corrected chi connectivity index (χ4v) is 0. The molecule has 0 heterocycles. The summed E-state index contributed by atoms with van der Waals surface area (Å²) in [5, 5.41) is 0. The topological polar surface area (TPSA) is 20.2 Å². The summed E-state index contributed by atoms with van der Waals surface area (Å²) in [7, 11) is -1.36. The minimum absolute atomic E-state index is 1.36. The molecule has 0 aliphatic carbocycles. The highest BCUT2D eigenvalue weighted by Crippen LogP contribution is 1.50. The average Bonchev–Trinajstić information content (AvgIpc) is 1.38. The van der Waals surface area contributed by atoms with Crippen molar-refractivity contribution in [3.8, 4) is 0 Å². The maximum absolute atomic E-state index is 8.23. The highest BCUT2D eigenvalue weighted by molar-refractivity contribution is 6.59. The van der Waals surface area contributed by atoms with Gasteiger partial charge in [-0.15, -0.1) is 6.58 Å². The highest BCUT2D eigenvalue weighted by atomic mass is 28.3. The molecule has 2 heteroatoms. The first kappa shape index (κ1) is 4.63. The lowest BCUT2D eigenvalue weighted by atomic mass is 11.3. The summed E-state index contributed by atoms with van der Waals surface area (Å²) in [6.07, 6.45) is 3.30. The highest BCUT2D eigenvalue weighted by Gasteiger charge is 1.68. The normalized spacial score (nSPS) is 6.40. The Morgan fingerprint density at radius 1 is 1.80 bits per heavy atom. The first-order valence-electron chi connectivity index (χ1n) is 1.27. The summed E-state index contributed by atoms with van der Waals surface area (Å²) in [6, 6.07) is 0. The molecule has 1 nitrogen and oxygen atoms in total. The van der Waals surface area contributed by atoms with Crippen molar-refractivity contribution < 1.29 is 4.80 Å². The summed E-state index contributed by atoms with van der Waals surface area (Å²) in [5.74, 6) is 0. The van der Waals surface area contributed by atoms with Gasteiger partial charge in [0.25, 0.3) is 0 Å². The first-order chi connectivity index (χ1) is 2.27. The zero-order chi connectivity index (χ0) is 4.28. The molecule has 0 spiro atoms. The molecular formula is C3H6OSi. The predicted octanol–water partition coefficient (Wildman–Crippen LogP) is -0.291. The molecule has 28 valence electrons. The Morgan fingerprint density at radius 3 is 2.00 bits per heavy atom. The number of hydrogen-bond donors (Lipinski definition) is 1. The van der Waals surface area contributed by atoms with Gasteiger partial charge in [0.05, 0.1) is 0 Å². The van der Waals surface area contributed by atoms with Gasteiger partial charge in [-0.3, -0.25) is 0 Å². The monoisotopic (exact) mass is 86.0 g/mol. The molecule has 0 aromatic heterocycles. The van der Waals surface area contributed by atoms with Gasteiger partial charge in [-0.2, -0.15) is 0 Å². The van der Waals surface area contributed by atoms with E-state index in [4.69, 9.17) is 4.80 Å². The third-order valence-electron chi connectivity index (χ3n) is 0.236. The Labute approximate surface area is 32.9 Å². The van der Waals surface area contributed by atoms with Crippen LogP contribution in [0.4, 0.5) is 0 Å². The zero-order valence-electron chi connectivity index (χ0n) is 2.94. The summed E-state index contributed by atoms with van der Waals surface area (Å²) in [6.45, 7) is 3.29. The van der Waals surface area contributed by atoms with E-state index in [0.717, 1.165) is 0 Å². The molecule has 0 rings (SSSR count). The minimum atomic E-state index is -1.36. The standard InChI is InChI=1S/C3H6OSi/c1-3-5(2)4/h3-4H,1-2H2. The molecular weight excluding hydrogens is 80.1 g/mol. The second-order valence-corrected chi connectivity index (χ2v) is 2.09. The molecule has 0 unspecified atom stereocenters. The minimum Gasteiger partial charge on any atom is -0.563 e. The lowest BCUT2D eigenvalue weighted by molar-refractivity contribution is 0.610. The Kier molecular flexibility index (Phi) is 1.76. The molecule has 0 atom stereocenters. The van der Waals surface area contributed by atoms with Crippen molar-refractivity contribution in [3.05, 3.63) is 12.3 Å². The number of rotatable bonds is 1. The van der Waals surface area contributed by atoms with Crippen LogP contribution in [0.2, 0.25) is 0 Å². The Bertz CT molecular complexity index is 57.9. The molecule has 0 aromatic rings. The smallest absolute Gasteiger partial charge is 0.250 e. The van der Waals surface area contributed by atoms with Gasteiger partial charge in [0.15, 0.2) is 0 Å². The largest absolute Gasteiger partial charge is 0.563 e. The van der Waals surface area contributed by atoms with Gasteiger partial charge in [-0.05, 0) is 5.70 Å². The summed E-state index contributed by atoms with van der Waals surface area (Å²) in [4.78, 5) is 8.23. The van der Waals surface area contributed by atoms with Gasteiger partial charge in [-0.1, -0.05) is 6.17 Å². The first-order valence-corrected chi connectivity index (χ1v) is 3.01. The van der Waals surface area contributed by atoms with Crippen molar-refractivity contribution >= 4 is 14.8 Å². The Balaban J connectivity index is 3.20. The summed E-state index contributed by atoms with van der Waals surface area (Å²) in [5.41, 5.74) is 1.46. The van der Waals surface area contributed by atoms with Gasteiger partial charge >= 0.3 is 0 Å². The molecule has 0 fully saturated rings. The number of hydrogen-bond acceptors (Lipinski definition) is 1. The van der Waals surface area contributed by atoms with Crippen LogP contribution in [0.25, 0.3) is 0 Å². The fraction of sp³-hybridized carbons (Fsp3) is 0. The lowest BCUT2D eigenvalue weighted by Crippen LogP contribution is -1.88. The molecule has 0 aliphatic heterocycles. The second-order valence-electron chi connectivity index (χ2n) is 0.695. The molecule has 1 N–H and O–H groups in total. The molecule has 0 saturated heterocycles. The molecule has 0 aromatic carbocycles. The van der Waals surface area contributed by atoms with E-state index >= 15 is 0 Å². The van der Waals surface area contributed by atoms with Crippen LogP contribution >= 0.6 is 0 Å². The van der Waals surface area contributed by atoms with Crippen LogP contribution in [0.1, 0.15) is 0 Å². The lowest BCUT2D eigenvalue weighted by Gasteiger charge is -1.69. The quantitative estimate of drug-likeness (QED) is 0.435. The SMILES string of the molecule is C=C[Si](=C)O. The van der Waals surface area contributed by atoms with E-state index in [1.165, 1.54) is 5.70 Å². The molecule has 0 saturated carbocycles. The molecule has 0 aliphatic rings. The Morgan fingerprint density at radius 2 is 2.00 bits per heavy atom. The van der Waals surface area contributed by atoms with Crippen molar-refractivity contribution in [2.75, 3.05) is 0 Å². The third-order valence-corrected chi connectivity index (χ3v) is 0.707. The van der Waals surface area contributed by atoms with Crippen molar-refractivity contribution in [2.45, 2.75) is 0 Å². The van der Waals surface area contributed by atoms with Crippen molar-refractivity contribution in [1.29, 1.82) is 0 Å². The van der Waals surface area contributed by atoms with Gasteiger partial charge in [0.1, 0.15) is 0 Å². The van der Waals surface area contributed by atoms with Gasteiger partial charge < -0.3 is 4.80 Å². The van der Waals surface area contributed by atoms with E-state index < -0.39 is 8.65 Å². The van der Waals surface area contributed by atoms with Crippen molar-refractivity contribution in [2.24, 2.45) is 0 Å². The molecule has 0 radical (unpaired) electrons.